The second-order valence-corrected chi connectivity index (χ2v) is 13.0. The number of nitrogens with zero attached hydrogens (tertiary/aromatic N) is 3. The fourth-order valence-corrected chi connectivity index (χ4v) is 7.94. The number of hydrogen-bond donors (Lipinski definition) is 0. The third-order valence-corrected chi connectivity index (χ3v) is 10.3. The molecule has 0 aliphatic carbocycles. The molecule has 0 bridgehead atoms. The lowest BCUT2D eigenvalue weighted by Gasteiger charge is -2.12. The topological polar surface area (TPSA) is 51.8 Å². The van der Waals surface area contributed by atoms with Crippen molar-refractivity contribution in [2.75, 3.05) is 0 Å². The molecule has 0 aliphatic rings. The largest absolute Gasteiger partial charge is 0.455 e. The first-order valence-electron chi connectivity index (χ1n) is 18.7. The molecule has 0 radical (unpaired) electrons. The molecule has 10 rings (SSSR count). The van der Waals surface area contributed by atoms with E-state index in [2.05, 4.69) is 36.4 Å². The summed E-state index contributed by atoms with van der Waals surface area (Å²) in [5, 5.41) is 4.38. The van der Waals surface area contributed by atoms with E-state index in [-0.39, 0.29) is 17.6 Å². The summed E-state index contributed by atoms with van der Waals surface area (Å²) in [5.74, 6) is 1.21. The van der Waals surface area contributed by atoms with Crippen LogP contribution >= 0.6 is 11.3 Å². The van der Waals surface area contributed by atoms with E-state index in [4.69, 9.17) is 26.2 Å². The van der Waals surface area contributed by atoms with Crippen molar-refractivity contribution in [3.8, 4) is 56.4 Å². The van der Waals surface area contributed by atoms with Crippen LogP contribution in [0.3, 0.4) is 0 Å². The molecule has 4 nitrogen and oxygen atoms in total. The summed E-state index contributed by atoms with van der Waals surface area (Å²) in [4.78, 5) is 15.2. The van der Waals surface area contributed by atoms with Gasteiger partial charge in [0.2, 0.25) is 0 Å². The highest BCUT2D eigenvalue weighted by Gasteiger charge is 2.19. The van der Waals surface area contributed by atoms with Crippen LogP contribution < -0.4 is 0 Å². The number of para-hydroxylation sites is 2. The second kappa shape index (κ2) is 11.6. The molecular weight excluding hydrogens is 631 g/mol. The highest BCUT2D eigenvalue weighted by molar-refractivity contribution is 7.26. The van der Waals surface area contributed by atoms with E-state index >= 15 is 0 Å². The van der Waals surface area contributed by atoms with Crippen LogP contribution in [0.15, 0.2) is 168 Å². The van der Waals surface area contributed by atoms with Gasteiger partial charge in [0.05, 0.1) is 6.85 Å². The van der Waals surface area contributed by atoms with Crippen LogP contribution in [0.2, 0.25) is 0 Å². The Morgan fingerprint density at radius 3 is 1.88 bits per heavy atom. The van der Waals surface area contributed by atoms with Crippen LogP contribution in [0.1, 0.15) is 6.85 Å². The van der Waals surface area contributed by atoms with Crippen molar-refractivity contribution in [2.24, 2.45) is 0 Å². The predicted molar refractivity (Wildman–Crippen MR) is 207 cm³/mol. The number of benzene rings is 7. The Bertz CT molecular complexity index is 3150. The average molecular weight is 663 g/mol. The molecule has 7 aromatic carbocycles. The molecule has 234 valence electrons. The van der Waals surface area contributed by atoms with Gasteiger partial charge in [-0.1, -0.05) is 145 Å². The maximum Gasteiger partial charge on any atom is 0.165 e. The van der Waals surface area contributed by atoms with Crippen LogP contribution in [0.4, 0.5) is 0 Å². The first-order valence-corrected chi connectivity index (χ1v) is 17.0. The minimum Gasteiger partial charge on any atom is -0.455 e. The lowest BCUT2D eigenvalue weighted by atomic mass is 9.99. The third-order valence-electron chi connectivity index (χ3n) is 9.08. The summed E-state index contributed by atoms with van der Waals surface area (Å²) in [5.41, 5.74) is 6.24. The SMILES string of the molecule is [2H]c1c([2H])c([2H])c(-c2ccccc2-c2nc(-c3ccc(-c4cccc5c4oc4ccccc45)cc3)nc(-c3cccc4c3sc3ccccc34)n2)c([2H])c1[2H]. The van der Waals surface area contributed by atoms with E-state index in [0.717, 1.165) is 64.4 Å². The standard InChI is InChI=1S/C45H27N3OS/c1-2-12-28(13-3-1)31-14-4-5-17-37(31)44-46-43(47-45(48-44)38-21-11-20-36-34-16-7-9-23-40(34)50-42(36)38)30-26-24-29(25-27-30)32-18-10-19-35-33-15-6-8-22-39(33)49-41(32)35/h1-27H/i1D,2D,3D,12D,13D. The van der Waals surface area contributed by atoms with Crippen LogP contribution in [-0.2, 0) is 0 Å². The van der Waals surface area contributed by atoms with Gasteiger partial charge in [-0.15, -0.1) is 11.3 Å². The molecule has 5 heteroatoms. The number of rotatable bonds is 5. The van der Waals surface area contributed by atoms with Crippen molar-refractivity contribution in [2.45, 2.75) is 0 Å². The van der Waals surface area contributed by atoms with Crippen molar-refractivity contribution in [3.63, 3.8) is 0 Å². The first-order chi connectivity index (χ1) is 26.9. The van der Waals surface area contributed by atoms with E-state index < -0.39 is 18.1 Å². The normalized spacial score (nSPS) is 13.0. The lowest BCUT2D eigenvalue weighted by molar-refractivity contribution is 0.670. The van der Waals surface area contributed by atoms with Crippen molar-refractivity contribution in [1.82, 2.24) is 15.0 Å². The lowest BCUT2D eigenvalue weighted by Crippen LogP contribution is -2.01. The van der Waals surface area contributed by atoms with Crippen molar-refractivity contribution >= 4 is 53.4 Å². The quantitative estimate of drug-likeness (QED) is 0.184. The molecule has 10 aromatic rings. The molecule has 0 saturated carbocycles. The fourth-order valence-electron chi connectivity index (χ4n) is 6.72. The Balaban J connectivity index is 1.17. The third kappa shape index (κ3) is 4.71. The van der Waals surface area contributed by atoms with E-state index in [9.17, 15) is 0 Å². The number of thiophene rings is 1. The Hall–Kier alpha value is -6.43. The van der Waals surface area contributed by atoms with Gasteiger partial charge in [-0.2, -0.15) is 0 Å². The van der Waals surface area contributed by atoms with Crippen LogP contribution in [0, 0.1) is 0 Å². The minimum absolute atomic E-state index is 0.0841. The summed E-state index contributed by atoms with van der Waals surface area (Å²) in [6.07, 6.45) is 0. The Morgan fingerprint density at radius 1 is 0.440 bits per heavy atom. The van der Waals surface area contributed by atoms with Gasteiger partial charge in [0.1, 0.15) is 11.2 Å². The predicted octanol–water partition coefficient (Wildman–Crippen LogP) is 12.5. The molecule has 0 N–H and O–H groups in total. The minimum atomic E-state index is -0.447. The van der Waals surface area contributed by atoms with Gasteiger partial charge in [-0.3, -0.25) is 0 Å². The molecular formula is C45H27N3OS. The molecule has 3 heterocycles. The Kier molecular flexibility index (Phi) is 5.54. The van der Waals surface area contributed by atoms with Crippen molar-refractivity contribution in [1.29, 1.82) is 0 Å². The number of hydrogen-bond acceptors (Lipinski definition) is 5. The molecule has 0 amide bonds. The van der Waals surface area contributed by atoms with Gasteiger partial charge in [0.15, 0.2) is 17.5 Å². The highest BCUT2D eigenvalue weighted by atomic mass is 32.1. The zero-order valence-electron chi connectivity index (χ0n) is 31.4. The fraction of sp³-hybridized carbons (Fsp3) is 0. The van der Waals surface area contributed by atoms with Gasteiger partial charge in [-0.05, 0) is 34.9 Å². The summed E-state index contributed by atoms with van der Waals surface area (Å²) in [6, 6.07) is 42.0. The molecule has 0 aliphatic heterocycles. The number of fused-ring (bicyclic) bond motifs is 6. The van der Waals surface area contributed by atoms with Crippen molar-refractivity contribution in [3.05, 3.63) is 164 Å². The Labute approximate surface area is 299 Å². The van der Waals surface area contributed by atoms with Gasteiger partial charge in [0, 0.05) is 53.2 Å². The molecule has 0 fully saturated rings. The monoisotopic (exact) mass is 662 g/mol. The maximum absolute atomic E-state index is 8.77. The smallest absolute Gasteiger partial charge is 0.165 e. The van der Waals surface area contributed by atoms with Crippen LogP contribution in [-0.4, -0.2) is 15.0 Å². The number of furan rings is 1. The zero-order valence-corrected chi connectivity index (χ0v) is 27.2. The summed E-state index contributed by atoms with van der Waals surface area (Å²) >= 11 is 1.68. The van der Waals surface area contributed by atoms with E-state index in [0.29, 0.717) is 28.6 Å². The molecule has 50 heavy (non-hydrogen) atoms. The molecule has 3 aromatic heterocycles. The number of aromatic nitrogens is 3. The van der Waals surface area contributed by atoms with Gasteiger partial charge >= 0.3 is 0 Å². The summed E-state index contributed by atoms with van der Waals surface area (Å²) in [7, 11) is 0. The van der Waals surface area contributed by atoms with E-state index in [1.165, 1.54) is 0 Å². The van der Waals surface area contributed by atoms with E-state index in [1.807, 2.05) is 84.9 Å². The molecule has 0 spiro atoms. The second-order valence-electron chi connectivity index (χ2n) is 12.0. The summed E-state index contributed by atoms with van der Waals surface area (Å²) in [6.45, 7) is 0. The zero-order chi connectivity index (χ0) is 37.4. The average Bonchev–Trinajstić information content (AvgIpc) is 3.81. The first kappa shape index (κ1) is 23.8. The molecule has 0 atom stereocenters. The van der Waals surface area contributed by atoms with Gasteiger partial charge in [0.25, 0.3) is 0 Å². The maximum atomic E-state index is 8.77. The molecule has 0 unspecified atom stereocenters. The van der Waals surface area contributed by atoms with Crippen LogP contribution in [0.25, 0.3) is 98.5 Å². The Morgan fingerprint density at radius 2 is 1.04 bits per heavy atom. The summed E-state index contributed by atoms with van der Waals surface area (Å²) < 4.78 is 51.0. The van der Waals surface area contributed by atoms with Crippen molar-refractivity contribution < 1.29 is 11.3 Å². The van der Waals surface area contributed by atoms with Gasteiger partial charge in [-0.25, -0.2) is 15.0 Å². The van der Waals surface area contributed by atoms with Gasteiger partial charge < -0.3 is 4.42 Å². The van der Waals surface area contributed by atoms with E-state index in [1.54, 1.807) is 23.5 Å². The van der Waals surface area contributed by atoms with Crippen LogP contribution in [0.5, 0.6) is 0 Å². The molecule has 0 saturated heterocycles. The highest BCUT2D eigenvalue weighted by Crippen LogP contribution is 2.41.